The Labute approximate surface area is 146 Å². The summed E-state index contributed by atoms with van der Waals surface area (Å²) < 4.78 is 1.96. The van der Waals surface area contributed by atoms with E-state index in [2.05, 4.69) is 16.9 Å². The Morgan fingerprint density at radius 2 is 2.16 bits per heavy atom. The molecule has 2 heterocycles. The van der Waals surface area contributed by atoms with Gasteiger partial charge >= 0.3 is 0 Å². The van der Waals surface area contributed by atoms with Crippen LogP contribution in [0.25, 0.3) is 16.6 Å². The molecule has 6 heteroatoms. The number of fused-ring (bicyclic) bond motifs is 1. The molecule has 0 saturated heterocycles. The lowest BCUT2D eigenvalue weighted by atomic mass is 10.0. The second-order valence-electron chi connectivity index (χ2n) is 5.80. The van der Waals surface area contributed by atoms with Crippen LogP contribution in [0.15, 0.2) is 43.1 Å². The summed E-state index contributed by atoms with van der Waals surface area (Å²) in [5.41, 5.74) is 4.91. The number of aryl methyl sites for hydroxylation is 2. The molecule has 0 aliphatic heterocycles. The van der Waals surface area contributed by atoms with Crippen LogP contribution in [0.3, 0.4) is 0 Å². The van der Waals surface area contributed by atoms with Gasteiger partial charge in [-0.1, -0.05) is 13.0 Å². The first-order valence-corrected chi connectivity index (χ1v) is 7.97. The monoisotopic (exact) mass is 333 g/mol. The van der Waals surface area contributed by atoms with Crippen molar-refractivity contribution in [3.8, 4) is 6.07 Å². The van der Waals surface area contributed by atoms with Crippen molar-refractivity contribution in [3.05, 3.63) is 54.2 Å². The summed E-state index contributed by atoms with van der Waals surface area (Å²) in [7, 11) is 3.92. The SMILES string of the molecule is CCc1cc(/C(C#N)=C\O)ccc1N(C)c1cc2c(cn1)ncn2C. The van der Waals surface area contributed by atoms with Crippen molar-refractivity contribution in [1.29, 1.82) is 5.26 Å². The van der Waals surface area contributed by atoms with E-state index in [-0.39, 0.29) is 5.57 Å². The van der Waals surface area contributed by atoms with Crippen LogP contribution in [-0.2, 0) is 13.5 Å². The average molecular weight is 333 g/mol. The maximum absolute atomic E-state index is 9.19. The fraction of sp³-hybridized carbons (Fsp3) is 0.211. The van der Waals surface area contributed by atoms with Gasteiger partial charge in [0, 0.05) is 25.8 Å². The van der Waals surface area contributed by atoms with Crippen molar-refractivity contribution in [2.24, 2.45) is 7.05 Å². The number of anilines is 2. The van der Waals surface area contributed by atoms with Crippen molar-refractivity contribution >= 4 is 28.1 Å². The fourth-order valence-corrected chi connectivity index (χ4v) is 2.86. The number of pyridine rings is 1. The third kappa shape index (κ3) is 2.92. The summed E-state index contributed by atoms with van der Waals surface area (Å²) in [6, 6.07) is 9.71. The lowest BCUT2D eigenvalue weighted by Crippen LogP contribution is -2.13. The van der Waals surface area contributed by atoms with Crippen LogP contribution in [0.5, 0.6) is 0 Å². The van der Waals surface area contributed by atoms with Gasteiger partial charge in [0.05, 0.1) is 29.9 Å². The molecule has 1 N–H and O–H groups in total. The van der Waals surface area contributed by atoms with Crippen molar-refractivity contribution in [3.63, 3.8) is 0 Å². The molecule has 0 aliphatic carbocycles. The van der Waals surface area contributed by atoms with Crippen LogP contribution >= 0.6 is 0 Å². The standard InChI is InChI=1S/C19H19N5O/c1-4-13-7-14(15(9-20)11-25)5-6-17(13)24(3)19-8-18-16(10-21-19)22-12-23(18)2/h5-8,10-12,25H,4H2,1-3H3/b15-11-. The third-order valence-corrected chi connectivity index (χ3v) is 4.32. The Morgan fingerprint density at radius 1 is 1.36 bits per heavy atom. The number of nitriles is 1. The van der Waals surface area contributed by atoms with E-state index in [4.69, 9.17) is 5.26 Å². The van der Waals surface area contributed by atoms with E-state index in [0.717, 1.165) is 40.8 Å². The maximum Gasteiger partial charge on any atom is 0.134 e. The Hall–Kier alpha value is -3.33. The Kier molecular flexibility index (Phi) is 4.40. The molecule has 0 fully saturated rings. The van der Waals surface area contributed by atoms with Gasteiger partial charge in [-0.25, -0.2) is 9.97 Å². The van der Waals surface area contributed by atoms with E-state index in [1.54, 1.807) is 12.5 Å². The zero-order valence-corrected chi connectivity index (χ0v) is 14.4. The van der Waals surface area contributed by atoms with E-state index in [1.807, 2.05) is 53.9 Å². The summed E-state index contributed by atoms with van der Waals surface area (Å²) in [5, 5.41) is 18.3. The quantitative estimate of drug-likeness (QED) is 0.581. The summed E-state index contributed by atoms with van der Waals surface area (Å²) in [5.74, 6) is 0.816. The van der Waals surface area contributed by atoms with E-state index in [1.165, 1.54) is 0 Å². The first-order chi connectivity index (χ1) is 12.1. The van der Waals surface area contributed by atoms with Gasteiger partial charge in [-0.15, -0.1) is 0 Å². The van der Waals surface area contributed by atoms with E-state index < -0.39 is 0 Å². The van der Waals surface area contributed by atoms with Crippen molar-refractivity contribution in [2.75, 3.05) is 11.9 Å². The second kappa shape index (κ2) is 6.65. The molecule has 0 bridgehead atoms. The van der Waals surface area contributed by atoms with Crippen LogP contribution in [0.1, 0.15) is 18.1 Å². The Morgan fingerprint density at radius 3 is 2.84 bits per heavy atom. The van der Waals surface area contributed by atoms with Gasteiger partial charge in [0.15, 0.2) is 0 Å². The summed E-state index contributed by atoms with van der Waals surface area (Å²) in [6.07, 6.45) is 5.18. The zero-order chi connectivity index (χ0) is 18.0. The molecule has 6 nitrogen and oxygen atoms in total. The Balaban J connectivity index is 2.04. The number of aliphatic hydroxyl groups is 1. The number of rotatable bonds is 4. The molecule has 25 heavy (non-hydrogen) atoms. The number of nitrogens with zero attached hydrogens (tertiary/aromatic N) is 5. The highest BCUT2D eigenvalue weighted by Gasteiger charge is 2.13. The zero-order valence-electron chi connectivity index (χ0n) is 14.4. The van der Waals surface area contributed by atoms with Crippen LogP contribution in [0, 0.1) is 11.3 Å². The second-order valence-corrected chi connectivity index (χ2v) is 5.80. The smallest absolute Gasteiger partial charge is 0.134 e. The maximum atomic E-state index is 9.19. The number of aliphatic hydroxyl groups excluding tert-OH is 1. The first-order valence-electron chi connectivity index (χ1n) is 7.97. The van der Waals surface area contributed by atoms with Gasteiger partial charge in [0.25, 0.3) is 0 Å². The third-order valence-electron chi connectivity index (χ3n) is 4.32. The van der Waals surface area contributed by atoms with E-state index >= 15 is 0 Å². The molecule has 3 rings (SSSR count). The molecule has 1 aromatic carbocycles. The molecule has 0 amide bonds. The number of allylic oxidation sites excluding steroid dienone is 1. The minimum Gasteiger partial charge on any atom is -0.514 e. The molecule has 2 aromatic heterocycles. The number of hydrogen-bond acceptors (Lipinski definition) is 5. The van der Waals surface area contributed by atoms with Gasteiger partial charge in [-0.2, -0.15) is 5.26 Å². The molecule has 3 aromatic rings. The first kappa shape index (κ1) is 16.5. The minimum absolute atomic E-state index is 0.248. The highest BCUT2D eigenvalue weighted by atomic mass is 16.2. The van der Waals surface area contributed by atoms with Gasteiger partial charge in [0.1, 0.15) is 17.4 Å². The highest BCUT2D eigenvalue weighted by molar-refractivity contribution is 5.81. The molecule has 0 atom stereocenters. The predicted molar refractivity (Wildman–Crippen MR) is 98.6 cm³/mol. The van der Waals surface area contributed by atoms with E-state index in [0.29, 0.717) is 5.56 Å². The topological polar surface area (TPSA) is 78.0 Å². The van der Waals surface area contributed by atoms with Gasteiger partial charge < -0.3 is 14.6 Å². The summed E-state index contributed by atoms with van der Waals surface area (Å²) in [4.78, 5) is 10.8. The molecule has 0 spiro atoms. The predicted octanol–water partition coefficient (Wildman–Crippen LogP) is 3.72. The molecule has 0 unspecified atom stereocenters. The Bertz CT molecular complexity index is 997. The van der Waals surface area contributed by atoms with Crippen molar-refractivity contribution in [1.82, 2.24) is 14.5 Å². The molecular weight excluding hydrogens is 314 g/mol. The van der Waals surface area contributed by atoms with Crippen molar-refractivity contribution < 1.29 is 5.11 Å². The number of aromatic nitrogens is 3. The lowest BCUT2D eigenvalue weighted by Gasteiger charge is -2.22. The molecule has 0 saturated carbocycles. The summed E-state index contributed by atoms with van der Waals surface area (Å²) >= 11 is 0. The largest absolute Gasteiger partial charge is 0.514 e. The van der Waals surface area contributed by atoms with Gasteiger partial charge in [-0.3, -0.25) is 0 Å². The summed E-state index contributed by atoms with van der Waals surface area (Å²) in [6.45, 7) is 2.06. The van der Waals surface area contributed by atoms with Crippen LogP contribution in [0.2, 0.25) is 0 Å². The number of imidazole rings is 1. The van der Waals surface area contributed by atoms with Crippen LogP contribution < -0.4 is 4.90 Å². The highest BCUT2D eigenvalue weighted by Crippen LogP contribution is 2.30. The fourth-order valence-electron chi connectivity index (χ4n) is 2.86. The number of hydrogen-bond donors (Lipinski definition) is 1. The minimum atomic E-state index is 0.248. The van der Waals surface area contributed by atoms with Gasteiger partial charge in [-0.05, 0) is 29.7 Å². The van der Waals surface area contributed by atoms with E-state index in [9.17, 15) is 5.11 Å². The molecule has 0 aliphatic rings. The van der Waals surface area contributed by atoms with Crippen molar-refractivity contribution in [2.45, 2.75) is 13.3 Å². The normalized spacial score (nSPS) is 11.5. The molecule has 126 valence electrons. The lowest BCUT2D eigenvalue weighted by molar-refractivity contribution is 0.476. The van der Waals surface area contributed by atoms with Crippen LogP contribution in [0.4, 0.5) is 11.5 Å². The molecule has 0 radical (unpaired) electrons. The van der Waals surface area contributed by atoms with Crippen LogP contribution in [-0.4, -0.2) is 26.7 Å². The average Bonchev–Trinajstić information content (AvgIpc) is 3.02. The number of benzene rings is 1. The van der Waals surface area contributed by atoms with Gasteiger partial charge in [0.2, 0.25) is 0 Å². The molecular formula is C19H19N5O.